The molecule has 0 bridgehead atoms. The highest BCUT2D eigenvalue weighted by Crippen LogP contribution is 2.25. The summed E-state index contributed by atoms with van der Waals surface area (Å²) in [5.41, 5.74) is 2.22. The van der Waals surface area contributed by atoms with E-state index in [1.54, 1.807) is 0 Å². The first kappa shape index (κ1) is 22.3. The summed E-state index contributed by atoms with van der Waals surface area (Å²) in [5, 5.41) is 16.9. The Morgan fingerprint density at radius 3 is 2.13 bits per heavy atom. The number of guanidine groups is 1. The largest absolute Gasteiger partial charge is 0.342 e. The Labute approximate surface area is 183 Å². The molecule has 0 spiro atoms. The third-order valence-electron chi connectivity index (χ3n) is 5.31. The molecular formula is C24H31N5O2. The van der Waals surface area contributed by atoms with Gasteiger partial charge < -0.3 is 16.0 Å². The van der Waals surface area contributed by atoms with Crippen LogP contribution >= 0.6 is 0 Å². The Hall–Kier alpha value is -3.35. The van der Waals surface area contributed by atoms with Gasteiger partial charge in [0.05, 0.1) is 6.54 Å². The van der Waals surface area contributed by atoms with E-state index in [9.17, 15) is 9.59 Å². The topological polar surface area (TPSA) is 97.3 Å². The van der Waals surface area contributed by atoms with Gasteiger partial charge in [0, 0.05) is 13.1 Å². The van der Waals surface area contributed by atoms with Crippen molar-refractivity contribution in [1.29, 1.82) is 5.41 Å². The summed E-state index contributed by atoms with van der Waals surface area (Å²) in [6.45, 7) is 7.24. The molecule has 4 N–H and O–H groups in total. The van der Waals surface area contributed by atoms with Crippen LogP contribution in [0.2, 0.25) is 0 Å². The molecule has 0 radical (unpaired) electrons. The predicted molar refractivity (Wildman–Crippen MR) is 121 cm³/mol. The second kappa shape index (κ2) is 9.64. The molecule has 1 heterocycles. The van der Waals surface area contributed by atoms with Crippen LogP contribution in [0.25, 0.3) is 0 Å². The number of nitrogens with one attached hydrogen (secondary N) is 4. The van der Waals surface area contributed by atoms with Crippen molar-refractivity contribution in [3.63, 3.8) is 0 Å². The molecule has 7 nitrogen and oxygen atoms in total. The maximum Gasteiger partial charge on any atom is 0.315 e. The van der Waals surface area contributed by atoms with Crippen LogP contribution in [0.15, 0.2) is 54.6 Å². The summed E-state index contributed by atoms with van der Waals surface area (Å²) in [7, 11) is 0. The molecular weight excluding hydrogens is 390 g/mol. The molecule has 164 valence electrons. The van der Waals surface area contributed by atoms with Gasteiger partial charge in [0.2, 0.25) is 0 Å². The highest BCUT2D eigenvalue weighted by atomic mass is 16.2. The average Bonchev–Trinajstić information content (AvgIpc) is 2.94. The highest BCUT2D eigenvalue weighted by molar-refractivity contribution is 6.07. The number of rotatable bonds is 8. The number of carbonyl (C=O) groups excluding carboxylic acids is 2. The predicted octanol–water partition coefficient (Wildman–Crippen LogP) is 3.36. The normalized spacial score (nSPS) is 18.3. The van der Waals surface area contributed by atoms with Crippen molar-refractivity contribution in [3.8, 4) is 0 Å². The molecule has 1 unspecified atom stereocenters. The first-order chi connectivity index (χ1) is 14.8. The SMILES string of the molecule is CC(C)CC1(C)NC(=N)N(Cc2ccc(CNC(=O)NCc3ccccc3)cc2)C1=O. The van der Waals surface area contributed by atoms with Crippen LogP contribution in [-0.4, -0.2) is 28.3 Å². The molecule has 3 rings (SSSR count). The second-order valence-corrected chi connectivity index (χ2v) is 8.63. The van der Waals surface area contributed by atoms with Crippen LogP contribution in [0, 0.1) is 11.3 Å². The Morgan fingerprint density at radius 1 is 1.00 bits per heavy atom. The third-order valence-corrected chi connectivity index (χ3v) is 5.31. The van der Waals surface area contributed by atoms with E-state index < -0.39 is 5.54 Å². The van der Waals surface area contributed by atoms with E-state index in [0.717, 1.165) is 16.7 Å². The molecule has 7 heteroatoms. The maximum atomic E-state index is 12.9. The number of carbonyl (C=O) groups is 2. The third kappa shape index (κ3) is 5.84. The quantitative estimate of drug-likeness (QED) is 0.526. The van der Waals surface area contributed by atoms with E-state index in [1.165, 1.54) is 4.90 Å². The lowest BCUT2D eigenvalue weighted by molar-refractivity contribution is -0.131. The van der Waals surface area contributed by atoms with Crippen LogP contribution in [-0.2, 0) is 24.4 Å². The van der Waals surface area contributed by atoms with Crippen molar-refractivity contribution >= 4 is 17.9 Å². The van der Waals surface area contributed by atoms with E-state index in [0.29, 0.717) is 32.0 Å². The monoisotopic (exact) mass is 421 g/mol. The summed E-state index contributed by atoms with van der Waals surface area (Å²) in [6.07, 6.45) is 0.682. The molecule has 1 aliphatic rings. The molecule has 1 atom stereocenters. The zero-order valence-corrected chi connectivity index (χ0v) is 18.4. The second-order valence-electron chi connectivity index (χ2n) is 8.63. The number of hydrogen-bond donors (Lipinski definition) is 4. The molecule has 31 heavy (non-hydrogen) atoms. The summed E-state index contributed by atoms with van der Waals surface area (Å²) >= 11 is 0. The zero-order chi connectivity index (χ0) is 22.4. The van der Waals surface area contributed by atoms with Crippen LogP contribution < -0.4 is 16.0 Å². The molecule has 1 aliphatic heterocycles. The number of benzene rings is 2. The van der Waals surface area contributed by atoms with E-state index in [2.05, 4.69) is 29.8 Å². The van der Waals surface area contributed by atoms with Crippen LogP contribution in [0.3, 0.4) is 0 Å². The van der Waals surface area contributed by atoms with E-state index >= 15 is 0 Å². The molecule has 0 aromatic heterocycles. The summed E-state index contributed by atoms with van der Waals surface area (Å²) < 4.78 is 0. The van der Waals surface area contributed by atoms with Gasteiger partial charge in [0.1, 0.15) is 5.54 Å². The molecule has 1 saturated heterocycles. The first-order valence-corrected chi connectivity index (χ1v) is 10.6. The maximum absolute atomic E-state index is 12.9. The van der Waals surface area contributed by atoms with Crippen LogP contribution in [0.4, 0.5) is 4.79 Å². The molecule has 3 amide bonds. The summed E-state index contributed by atoms with van der Waals surface area (Å²) in [5.74, 6) is 0.437. The number of hydrogen-bond acceptors (Lipinski definition) is 3. The van der Waals surface area contributed by atoms with Gasteiger partial charge in [-0.15, -0.1) is 0 Å². The van der Waals surface area contributed by atoms with Crippen molar-refractivity contribution in [2.75, 3.05) is 0 Å². The fourth-order valence-corrected chi connectivity index (χ4v) is 3.86. The molecule has 0 aliphatic carbocycles. The molecule has 2 aromatic rings. The lowest BCUT2D eigenvalue weighted by Crippen LogP contribution is -2.44. The van der Waals surface area contributed by atoms with Crippen LogP contribution in [0.5, 0.6) is 0 Å². The van der Waals surface area contributed by atoms with Crippen molar-refractivity contribution in [2.45, 2.75) is 52.4 Å². The molecule has 0 saturated carbocycles. The summed E-state index contributed by atoms with van der Waals surface area (Å²) in [6, 6.07) is 17.2. The van der Waals surface area contributed by atoms with Gasteiger partial charge >= 0.3 is 6.03 Å². The van der Waals surface area contributed by atoms with Gasteiger partial charge in [0.25, 0.3) is 5.91 Å². The fourth-order valence-electron chi connectivity index (χ4n) is 3.86. The fraction of sp³-hybridized carbons (Fsp3) is 0.375. The van der Waals surface area contributed by atoms with Gasteiger partial charge in [-0.3, -0.25) is 15.1 Å². The van der Waals surface area contributed by atoms with Crippen LogP contribution in [0.1, 0.15) is 43.9 Å². The van der Waals surface area contributed by atoms with E-state index in [-0.39, 0.29) is 17.9 Å². The lowest BCUT2D eigenvalue weighted by atomic mass is 9.91. The van der Waals surface area contributed by atoms with Crippen molar-refractivity contribution in [1.82, 2.24) is 20.9 Å². The Balaban J connectivity index is 1.49. The Bertz CT molecular complexity index is 927. The minimum absolute atomic E-state index is 0.0629. The zero-order valence-electron chi connectivity index (χ0n) is 18.4. The Kier molecular flexibility index (Phi) is 6.95. The minimum atomic E-state index is -0.720. The average molecular weight is 422 g/mol. The van der Waals surface area contributed by atoms with E-state index in [1.807, 2.05) is 61.5 Å². The van der Waals surface area contributed by atoms with E-state index in [4.69, 9.17) is 5.41 Å². The van der Waals surface area contributed by atoms with Crippen molar-refractivity contribution < 1.29 is 9.59 Å². The highest BCUT2D eigenvalue weighted by Gasteiger charge is 2.45. The summed E-state index contributed by atoms with van der Waals surface area (Å²) in [4.78, 5) is 26.3. The minimum Gasteiger partial charge on any atom is -0.342 e. The van der Waals surface area contributed by atoms with Crippen molar-refractivity contribution in [3.05, 3.63) is 71.3 Å². The van der Waals surface area contributed by atoms with Gasteiger partial charge in [-0.05, 0) is 36.0 Å². The molecule has 2 aromatic carbocycles. The molecule has 1 fully saturated rings. The first-order valence-electron chi connectivity index (χ1n) is 10.6. The lowest BCUT2D eigenvalue weighted by Gasteiger charge is -2.24. The smallest absolute Gasteiger partial charge is 0.315 e. The van der Waals surface area contributed by atoms with Gasteiger partial charge in [-0.1, -0.05) is 68.4 Å². The van der Waals surface area contributed by atoms with Crippen molar-refractivity contribution in [2.24, 2.45) is 5.92 Å². The van der Waals surface area contributed by atoms with Gasteiger partial charge in [0.15, 0.2) is 5.96 Å². The number of urea groups is 1. The number of nitrogens with zero attached hydrogens (tertiary/aromatic N) is 1. The number of amides is 3. The standard InChI is InChI=1S/C24H31N5O2/c1-17(2)13-24(3)21(30)29(22(25)28-24)16-20-11-9-19(10-12-20)15-27-23(31)26-14-18-7-5-4-6-8-18/h4-12,17H,13-16H2,1-3H3,(H2,25,28)(H2,26,27,31). The van der Waals surface area contributed by atoms with Gasteiger partial charge in [-0.2, -0.15) is 0 Å². The Morgan fingerprint density at radius 2 is 1.55 bits per heavy atom. The van der Waals surface area contributed by atoms with Gasteiger partial charge in [-0.25, -0.2) is 4.79 Å².